The Labute approximate surface area is 109 Å². The number of hydrogen-bond acceptors (Lipinski definition) is 2. The van der Waals surface area contributed by atoms with Crippen LogP contribution in [0.3, 0.4) is 0 Å². The average Bonchev–Trinajstić information content (AvgIpc) is 2.30. The fourth-order valence-corrected chi connectivity index (χ4v) is 2.92. The van der Waals surface area contributed by atoms with Gasteiger partial charge in [0.05, 0.1) is 0 Å². The van der Waals surface area contributed by atoms with Gasteiger partial charge in [-0.2, -0.15) is 0 Å². The summed E-state index contributed by atoms with van der Waals surface area (Å²) in [7, 11) is 2.20. The number of hydrogen-bond donors (Lipinski definition) is 0. The smallest absolute Gasteiger partial charge is 0.129 e. The Balaban J connectivity index is 1.82. The van der Waals surface area contributed by atoms with E-state index < -0.39 is 0 Å². The zero-order valence-corrected chi connectivity index (χ0v) is 11.3. The predicted octanol–water partition coefficient (Wildman–Crippen LogP) is 3.75. The second kappa shape index (κ2) is 6.36. The molecule has 0 unspecified atom stereocenters. The maximum Gasteiger partial charge on any atom is 0.129 e. The summed E-state index contributed by atoms with van der Waals surface area (Å²) >= 11 is 5.89. The first-order chi connectivity index (χ1) is 8.24. The van der Waals surface area contributed by atoms with Gasteiger partial charge in [-0.05, 0) is 43.5 Å². The van der Waals surface area contributed by atoms with Gasteiger partial charge in [-0.15, -0.1) is 0 Å². The summed E-state index contributed by atoms with van der Waals surface area (Å²) in [6.07, 6.45) is 8.86. The molecule has 0 radical (unpaired) electrons. The van der Waals surface area contributed by atoms with Gasteiger partial charge < -0.3 is 4.90 Å². The first kappa shape index (κ1) is 12.8. The highest BCUT2D eigenvalue weighted by molar-refractivity contribution is 6.29. The van der Waals surface area contributed by atoms with Gasteiger partial charge in [0, 0.05) is 19.3 Å². The summed E-state index contributed by atoms with van der Waals surface area (Å²) in [6.45, 7) is 2.18. The minimum absolute atomic E-state index is 0.591. The van der Waals surface area contributed by atoms with Crippen LogP contribution in [0.15, 0.2) is 18.3 Å². The fraction of sp³-hybridized carbons (Fsp3) is 0.643. The molecule has 1 aromatic rings. The second-order valence-electron chi connectivity index (χ2n) is 5.19. The molecule has 0 atom stereocenters. The first-order valence-corrected chi connectivity index (χ1v) is 6.91. The van der Waals surface area contributed by atoms with E-state index in [1.54, 1.807) is 6.20 Å². The van der Waals surface area contributed by atoms with Crippen LogP contribution in [0.2, 0.25) is 5.15 Å². The van der Waals surface area contributed by atoms with E-state index in [-0.39, 0.29) is 0 Å². The molecular formula is C14H21ClN2. The third-order valence-corrected chi connectivity index (χ3v) is 3.74. The highest BCUT2D eigenvalue weighted by Gasteiger charge is 2.15. The van der Waals surface area contributed by atoms with Gasteiger partial charge in [0.15, 0.2) is 0 Å². The monoisotopic (exact) mass is 252 g/mol. The van der Waals surface area contributed by atoms with Gasteiger partial charge in [-0.25, -0.2) is 4.98 Å². The van der Waals surface area contributed by atoms with Gasteiger partial charge in [-0.3, -0.25) is 0 Å². The van der Waals surface area contributed by atoms with E-state index in [2.05, 4.69) is 16.9 Å². The Kier molecular flexibility index (Phi) is 4.81. The third kappa shape index (κ3) is 4.29. The molecule has 0 aromatic carbocycles. The second-order valence-corrected chi connectivity index (χ2v) is 5.57. The van der Waals surface area contributed by atoms with Crippen molar-refractivity contribution in [2.75, 3.05) is 13.6 Å². The maximum atomic E-state index is 5.89. The van der Waals surface area contributed by atoms with Crippen LogP contribution in [0, 0.1) is 5.92 Å². The van der Waals surface area contributed by atoms with Crippen LogP contribution >= 0.6 is 11.6 Å². The van der Waals surface area contributed by atoms with Gasteiger partial charge in [0.1, 0.15) is 5.15 Å². The van der Waals surface area contributed by atoms with Crippen LogP contribution in [-0.4, -0.2) is 23.5 Å². The van der Waals surface area contributed by atoms with Gasteiger partial charge >= 0.3 is 0 Å². The lowest BCUT2D eigenvalue weighted by Gasteiger charge is -2.27. The largest absolute Gasteiger partial charge is 0.302 e. The van der Waals surface area contributed by atoms with Crippen molar-refractivity contribution in [1.82, 2.24) is 9.88 Å². The highest BCUT2D eigenvalue weighted by Crippen LogP contribution is 2.24. The minimum atomic E-state index is 0.591. The topological polar surface area (TPSA) is 16.1 Å². The molecule has 1 heterocycles. The Morgan fingerprint density at radius 1 is 1.35 bits per heavy atom. The van der Waals surface area contributed by atoms with Crippen molar-refractivity contribution in [2.45, 2.75) is 38.6 Å². The van der Waals surface area contributed by atoms with Gasteiger partial charge in [-0.1, -0.05) is 30.9 Å². The Morgan fingerprint density at radius 2 is 2.12 bits per heavy atom. The zero-order chi connectivity index (χ0) is 12.1. The molecule has 1 aliphatic rings. The minimum Gasteiger partial charge on any atom is -0.302 e. The van der Waals surface area contributed by atoms with Crippen molar-refractivity contribution in [3.63, 3.8) is 0 Å². The van der Waals surface area contributed by atoms with E-state index >= 15 is 0 Å². The van der Waals surface area contributed by atoms with Crippen LogP contribution in [0.1, 0.15) is 37.7 Å². The number of pyridine rings is 1. The normalized spacial score (nSPS) is 17.6. The molecule has 0 aliphatic heterocycles. The molecule has 0 bridgehead atoms. The lowest BCUT2D eigenvalue weighted by atomic mass is 9.89. The van der Waals surface area contributed by atoms with Crippen molar-refractivity contribution >= 4 is 11.6 Å². The molecule has 2 rings (SSSR count). The molecule has 0 spiro atoms. The van der Waals surface area contributed by atoms with E-state index in [9.17, 15) is 0 Å². The molecule has 2 nitrogen and oxygen atoms in total. The van der Waals surface area contributed by atoms with E-state index in [0.717, 1.165) is 12.5 Å². The van der Waals surface area contributed by atoms with Gasteiger partial charge in [0.25, 0.3) is 0 Å². The van der Waals surface area contributed by atoms with Crippen LogP contribution in [-0.2, 0) is 6.54 Å². The Bertz CT molecular complexity index is 348. The molecule has 0 N–H and O–H groups in total. The molecule has 0 amide bonds. The number of aromatic nitrogens is 1. The Morgan fingerprint density at radius 3 is 2.82 bits per heavy atom. The summed E-state index contributed by atoms with van der Waals surface area (Å²) in [4.78, 5) is 6.41. The molecule has 17 heavy (non-hydrogen) atoms. The van der Waals surface area contributed by atoms with Crippen LogP contribution in [0.25, 0.3) is 0 Å². The van der Waals surface area contributed by atoms with E-state index in [0.29, 0.717) is 5.15 Å². The summed E-state index contributed by atoms with van der Waals surface area (Å²) in [5.74, 6) is 0.894. The van der Waals surface area contributed by atoms with Crippen LogP contribution in [0.5, 0.6) is 0 Å². The zero-order valence-electron chi connectivity index (χ0n) is 10.5. The van der Waals surface area contributed by atoms with E-state index in [1.807, 2.05) is 12.1 Å². The lowest BCUT2D eigenvalue weighted by molar-refractivity contribution is 0.228. The lowest BCUT2D eigenvalue weighted by Crippen LogP contribution is -2.26. The molecule has 0 saturated heterocycles. The van der Waals surface area contributed by atoms with Gasteiger partial charge in [0.2, 0.25) is 0 Å². The van der Waals surface area contributed by atoms with Crippen molar-refractivity contribution in [2.24, 2.45) is 5.92 Å². The predicted molar refractivity (Wildman–Crippen MR) is 72.2 cm³/mol. The van der Waals surface area contributed by atoms with Crippen molar-refractivity contribution in [3.05, 3.63) is 29.0 Å². The first-order valence-electron chi connectivity index (χ1n) is 6.53. The average molecular weight is 253 g/mol. The Hall–Kier alpha value is -0.600. The van der Waals surface area contributed by atoms with E-state index in [1.165, 1.54) is 44.2 Å². The SMILES string of the molecule is CN(Cc1ccnc(Cl)c1)CC1CCCCC1. The summed E-state index contributed by atoms with van der Waals surface area (Å²) in [6, 6.07) is 4.00. The highest BCUT2D eigenvalue weighted by atomic mass is 35.5. The number of halogens is 1. The summed E-state index contributed by atoms with van der Waals surface area (Å²) in [5.41, 5.74) is 1.25. The summed E-state index contributed by atoms with van der Waals surface area (Å²) < 4.78 is 0. The van der Waals surface area contributed by atoms with Crippen molar-refractivity contribution < 1.29 is 0 Å². The number of rotatable bonds is 4. The van der Waals surface area contributed by atoms with Crippen LogP contribution in [0.4, 0.5) is 0 Å². The molecule has 1 aromatic heterocycles. The molecule has 1 fully saturated rings. The number of nitrogens with zero attached hydrogens (tertiary/aromatic N) is 2. The van der Waals surface area contributed by atoms with Crippen molar-refractivity contribution in [3.8, 4) is 0 Å². The molecule has 3 heteroatoms. The van der Waals surface area contributed by atoms with Crippen molar-refractivity contribution in [1.29, 1.82) is 0 Å². The molecule has 94 valence electrons. The standard InChI is InChI=1S/C14H21ClN2/c1-17(10-12-5-3-2-4-6-12)11-13-7-8-16-14(15)9-13/h7-9,12H,2-6,10-11H2,1H3. The quantitative estimate of drug-likeness (QED) is 0.759. The fourth-order valence-electron chi connectivity index (χ4n) is 2.73. The molecular weight excluding hydrogens is 232 g/mol. The van der Waals surface area contributed by atoms with Crippen LogP contribution < -0.4 is 0 Å². The maximum absolute atomic E-state index is 5.89. The third-order valence-electron chi connectivity index (χ3n) is 3.54. The summed E-state index contributed by atoms with van der Waals surface area (Å²) in [5, 5.41) is 0.591. The molecule has 1 aliphatic carbocycles. The van der Waals surface area contributed by atoms with E-state index in [4.69, 9.17) is 11.6 Å². The molecule has 1 saturated carbocycles.